The summed E-state index contributed by atoms with van der Waals surface area (Å²) < 4.78 is 0. The van der Waals surface area contributed by atoms with Gasteiger partial charge >= 0.3 is 0 Å². The minimum atomic E-state index is -0.229. The van der Waals surface area contributed by atoms with E-state index >= 15 is 0 Å². The van der Waals surface area contributed by atoms with Gasteiger partial charge in [0.15, 0.2) is 0 Å². The molecule has 3 nitrogen and oxygen atoms in total. The lowest BCUT2D eigenvalue weighted by Crippen LogP contribution is -1.99. The first-order chi connectivity index (χ1) is 6.77. The molecule has 1 radical (unpaired) electrons. The van der Waals surface area contributed by atoms with Crippen molar-refractivity contribution >= 4 is 0 Å². The van der Waals surface area contributed by atoms with Crippen molar-refractivity contribution in [3.8, 4) is 0 Å². The van der Waals surface area contributed by atoms with Gasteiger partial charge in [0.05, 0.1) is 0 Å². The molecule has 0 fully saturated rings. The van der Waals surface area contributed by atoms with Crippen molar-refractivity contribution in [1.82, 2.24) is 0 Å². The third-order valence-corrected chi connectivity index (χ3v) is 2.26. The second-order valence-corrected chi connectivity index (χ2v) is 3.69. The van der Waals surface area contributed by atoms with Gasteiger partial charge in [0.25, 0.3) is 0 Å². The Kier molecular flexibility index (Phi) is 10.0. The fourth-order valence-corrected chi connectivity index (χ4v) is 1.38. The third-order valence-electron chi connectivity index (χ3n) is 2.26. The summed E-state index contributed by atoms with van der Waals surface area (Å²) in [5, 5.41) is 10.0. The summed E-state index contributed by atoms with van der Waals surface area (Å²) in [6.45, 7) is 2.34. The van der Waals surface area contributed by atoms with Gasteiger partial charge in [-0.2, -0.15) is 0 Å². The lowest BCUT2D eigenvalue weighted by atomic mass is 10.1. The van der Waals surface area contributed by atoms with Gasteiger partial charge in [-0.05, 0) is 12.8 Å². The van der Waals surface area contributed by atoms with Crippen LogP contribution in [0.15, 0.2) is 0 Å². The number of hydrogen-bond donors (Lipinski definition) is 0. The molecule has 0 rings (SSSR count). The second kappa shape index (κ2) is 10.5. The van der Waals surface area contributed by atoms with Crippen molar-refractivity contribution in [3.63, 3.8) is 0 Å². The highest BCUT2D eigenvalue weighted by Crippen LogP contribution is 2.08. The van der Waals surface area contributed by atoms with Crippen LogP contribution in [0.1, 0.15) is 58.3 Å². The molecule has 83 valence electrons. The fraction of sp³-hybridized carbons (Fsp3) is 0.909. The van der Waals surface area contributed by atoms with Crippen molar-refractivity contribution in [3.05, 3.63) is 16.5 Å². The molecular formula is C11H22NO2. The molecule has 0 aromatic rings. The molecule has 0 bridgehead atoms. The number of nitro groups is 1. The molecule has 0 aliphatic carbocycles. The van der Waals surface area contributed by atoms with Crippen molar-refractivity contribution in [2.45, 2.75) is 58.3 Å². The van der Waals surface area contributed by atoms with E-state index in [1.807, 2.05) is 0 Å². The Labute approximate surface area is 87.0 Å². The first-order valence-corrected chi connectivity index (χ1v) is 5.70. The average Bonchev–Trinajstić information content (AvgIpc) is 2.15. The average molecular weight is 200 g/mol. The van der Waals surface area contributed by atoms with Gasteiger partial charge in [-0.3, -0.25) is 10.1 Å². The molecule has 0 saturated carbocycles. The Morgan fingerprint density at radius 3 is 2.36 bits per heavy atom. The summed E-state index contributed by atoms with van der Waals surface area (Å²) >= 11 is 0. The molecule has 0 saturated heterocycles. The van der Waals surface area contributed by atoms with Crippen LogP contribution >= 0.6 is 0 Å². The van der Waals surface area contributed by atoms with Gasteiger partial charge in [0.1, 0.15) is 0 Å². The summed E-state index contributed by atoms with van der Waals surface area (Å²) in [5.41, 5.74) is 0. The first-order valence-electron chi connectivity index (χ1n) is 5.70. The van der Waals surface area contributed by atoms with Crippen molar-refractivity contribution in [2.24, 2.45) is 0 Å². The molecule has 0 N–H and O–H groups in total. The highest BCUT2D eigenvalue weighted by Gasteiger charge is 1.96. The van der Waals surface area contributed by atoms with E-state index in [0.717, 1.165) is 19.3 Å². The van der Waals surface area contributed by atoms with E-state index in [2.05, 4.69) is 13.3 Å². The molecule has 0 aliphatic heterocycles. The number of unbranched alkanes of at least 4 members (excludes halogenated alkanes) is 8. The van der Waals surface area contributed by atoms with E-state index in [1.165, 1.54) is 32.1 Å². The van der Waals surface area contributed by atoms with E-state index in [-0.39, 0.29) is 11.5 Å². The van der Waals surface area contributed by atoms with Gasteiger partial charge in [-0.25, -0.2) is 0 Å². The highest BCUT2D eigenvalue weighted by molar-refractivity contribution is 4.63. The molecular weight excluding hydrogens is 178 g/mol. The topological polar surface area (TPSA) is 43.1 Å². The molecule has 0 amide bonds. The maximum atomic E-state index is 10.0. The lowest BCUT2D eigenvalue weighted by molar-refractivity contribution is -0.480. The fourth-order valence-electron chi connectivity index (χ4n) is 1.38. The maximum absolute atomic E-state index is 10.0. The predicted molar refractivity (Wildman–Crippen MR) is 58.8 cm³/mol. The second-order valence-electron chi connectivity index (χ2n) is 3.69. The van der Waals surface area contributed by atoms with Gasteiger partial charge in [0.2, 0.25) is 6.54 Å². The van der Waals surface area contributed by atoms with Gasteiger partial charge < -0.3 is 0 Å². The first kappa shape index (κ1) is 13.4. The Morgan fingerprint density at radius 1 is 1.07 bits per heavy atom. The number of hydrogen-bond acceptors (Lipinski definition) is 2. The maximum Gasteiger partial charge on any atom is 0.203 e. The molecule has 14 heavy (non-hydrogen) atoms. The molecule has 3 heteroatoms. The normalized spacial score (nSPS) is 10.4. The number of nitrogens with zero attached hydrogens (tertiary/aromatic N) is 1. The van der Waals surface area contributed by atoms with Gasteiger partial charge in [0, 0.05) is 11.3 Å². The van der Waals surface area contributed by atoms with E-state index in [1.54, 1.807) is 0 Å². The smallest absolute Gasteiger partial charge is 0.203 e. The van der Waals surface area contributed by atoms with Crippen LogP contribution in [-0.2, 0) is 0 Å². The minimum Gasteiger partial charge on any atom is -0.265 e. The monoisotopic (exact) mass is 200 g/mol. The highest BCUT2D eigenvalue weighted by atomic mass is 16.6. The van der Waals surface area contributed by atoms with Crippen molar-refractivity contribution in [2.75, 3.05) is 6.54 Å². The van der Waals surface area contributed by atoms with E-state index in [4.69, 9.17) is 0 Å². The summed E-state index contributed by atoms with van der Waals surface area (Å²) in [6, 6.07) is 0. The minimum absolute atomic E-state index is 0.138. The van der Waals surface area contributed by atoms with Crippen LogP contribution in [0.2, 0.25) is 0 Å². The quantitative estimate of drug-likeness (QED) is 0.307. The SMILES string of the molecule is CCCC[CH]CCCCCC[N+](=O)[O-]. The lowest BCUT2D eigenvalue weighted by Gasteiger charge is -1.99. The Hall–Kier alpha value is -0.600. The molecule has 0 spiro atoms. The molecule has 0 atom stereocenters. The van der Waals surface area contributed by atoms with Gasteiger partial charge in [-0.15, -0.1) is 0 Å². The van der Waals surface area contributed by atoms with Crippen LogP contribution in [0.3, 0.4) is 0 Å². The predicted octanol–water partition coefficient (Wildman–Crippen LogP) is 3.61. The molecule has 0 heterocycles. The van der Waals surface area contributed by atoms with E-state index < -0.39 is 0 Å². The van der Waals surface area contributed by atoms with Crippen molar-refractivity contribution < 1.29 is 4.92 Å². The summed E-state index contributed by atoms with van der Waals surface area (Å²) in [6.07, 6.45) is 11.4. The molecule has 0 unspecified atom stereocenters. The summed E-state index contributed by atoms with van der Waals surface area (Å²) in [7, 11) is 0. The Morgan fingerprint density at radius 2 is 1.71 bits per heavy atom. The zero-order chi connectivity index (χ0) is 10.6. The molecule has 0 aromatic heterocycles. The van der Waals surface area contributed by atoms with Crippen LogP contribution < -0.4 is 0 Å². The molecule has 0 aromatic carbocycles. The van der Waals surface area contributed by atoms with E-state index in [9.17, 15) is 10.1 Å². The van der Waals surface area contributed by atoms with E-state index in [0.29, 0.717) is 0 Å². The Balaban J connectivity index is 2.88. The third kappa shape index (κ3) is 11.4. The zero-order valence-corrected chi connectivity index (χ0v) is 9.21. The van der Waals surface area contributed by atoms with Crippen LogP contribution in [0.5, 0.6) is 0 Å². The number of rotatable bonds is 10. The zero-order valence-electron chi connectivity index (χ0n) is 9.21. The van der Waals surface area contributed by atoms with Crippen LogP contribution in [0, 0.1) is 16.5 Å². The van der Waals surface area contributed by atoms with Crippen molar-refractivity contribution in [1.29, 1.82) is 0 Å². The van der Waals surface area contributed by atoms with Crippen LogP contribution in [-0.4, -0.2) is 11.5 Å². The van der Waals surface area contributed by atoms with Gasteiger partial charge in [-0.1, -0.05) is 45.4 Å². The largest absolute Gasteiger partial charge is 0.265 e. The molecule has 0 aliphatic rings. The standard InChI is InChI=1S/C11H22NO2/c1-2-3-4-5-6-7-8-9-10-11-12(13)14/h5H,2-4,6-11H2,1H3. The van der Waals surface area contributed by atoms with Crippen LogP contribution in [0.4, 0.5) is 0 Å². The summed E-state index contributed by atoms with van der Waals surface area (Å²) in [4.78, 5) is 9.78. The summed E-state index contributed by atoms with van der Waals surface area (Å²) in [5.74, 6) is 0. The Bertz CT molecular complexity index is 137. The van der Waals surface area contributed by atoms with Crippen LogP contribution in [0.25, 0.3) is 0 Å².